The lowest BCUT2D eigenvalue weighted by atomic mass is 9.84. The summed E-state index contributed by atoms with van der Waals surface area (Å²) in [6.45, 7) is 2.07. The monoisotopic (exact) mass is 222 g/mol. The highest BCUT2D eigenvalue weighted by Crippen LogP contribution is 2.26. The highest BCUT2D eigenvalue weighted by molar-refractivity contribution is 5.82. The smallest absolute Gasteiger partial charge is 0.238 e. The summed E-state index contributed by atoms with van der Waals surface area (Å²) in [4.78, 5) is 11.7. The summed E-state index contributed by atoms with van der Waals surface area (Å²) in [6, 6.07) is -0.340. The minimum Gasteiger partial charge on any atom is -0.352 e. The molecule has 0 spiro atoms. The first kappa shape index (κ1) is 13.1. The fraction of sp³-hybridized carbons (Fsp3) is 0.769. The Bertz CT molecular complexity index is 264. The van der Waals surface area contributed by atoms with E-state index in [-0.39, 0.29) is 11.9 Å². The lowest BCUT2D eigenvalue weighted by molar-refractivity contribution is -0.123. The summed E-state index contributed by atoms with van der Waals surface area (Å²) in [5.41, 5.74) is 5.65. The second-order valence-corrected chi connectivity index (χ2v) is 4.71. The Morgan fingerprint density at radius 3 is 2.69 bits per heavy atom. The number of carbonyl (C=O) groups excluding carboxylic acids is 1. The second kappa shape index (κ2) is 6.55. The third kappa shape index (κ3) is 3.86. The van der Waals surface area contributed by atoms with Crippen LogP contribution in [0.25, 0.3) is 0 Å². The third-order valence-electron chi connectivity index (χ3n) is 3.40. The molecular weight excluding hydrogens is 200 g/mol. The van der Waals surface area contributed by atoms with Gasteiger partial charge in [0.15, 0.2) is 0 Å². The van der Waals surface area contributed by atoms with Crippen LogP contribution in [-0.2, 0) is 4.79 Å². The Morgan fingerprint density at radius 1 is 1.50 bits per heavy atom. The first-order chi connectivity index (χ1) is 7.65. The molecule has 0 aliphatic heterocycles. The van der Waals surface area contributed by atoms with Crippen molar-refractivity contribution in [3.05, 3.63) is 0 Å². The van der Waals surface area contributed by atoms with Crippen molar-refractivity contribution in [2.24, 2.45) is 11.7 Å². The van der Waals surface area contributed by atoms with Gasteiger partial charge in [-0.2, -0.15) is 0 Å². The molecule has 0 heterocycles. The zero-order chi connectivity index (χ0) is 12.0. The quantitative estimate of drug-likeness (QED) is 0.707. The van der Waals surface area contributed by atoms with E-state index in [1.54, 1.807) is 0 Å². The third-order valence-corrected chi connectivity index (χ3v) is 3.40. The maximum absolute atomic E-state index is 11.7. The zero-order valence-corrected chi connectivity index (χ0v) is 10.0. The molecule has 1 saturated carbocycles. The number of amides is 1. The van der Waals surface area contributed by atoms with Crippen molar-refractivity contribution < 1.29 is 4.79 Å². The molecule has 0 aromatic heterocycles. The van der Waals surface area contributed by atoms with E-state index < -0.39 is 6.04 Å². The van der Waals surface area contributed by atoms with E-state index in [0.717, 1.165) is 0 Å². The molecule has 2 unspecified atom stereocenters. The van der Waals surface area contributed by atoms with E-state index in [0.29, 0.717) is 12.3 Å². The highest BCUT2D eigenvalue weighted by atomic mass is 16.2. The fourth-order valence-electron chi connectivity index (χ4n) is 2.30. The average molecular weight is 222 g/mol. The van der Waals surface area contributed by atoms with Gasteiger partial charge in [0.2, 0.25) is 5.91 Å². The molecule has 1 fully saturated rings. The van der Waals surface area contributed by atoms with Gasteiger partial charge in [0, 0.05) is 12.5 Å². The topological polar surface area (TPSA) is 55.1 Å². The van der Waals surface area contributed by atoms with Gasteiger partial charge in [-0.1, -0.05) is 19.3 Å². The van der Waals surface area contributed by atoms with Gasteiger partial charge in [0.25, 0.3) is 0 Å². The summed E-state index contributed by atoms with van der Waals surface area (Å²) >= 11 is 0. The number of nitrogens with two attached hydrogens (primary N) is 1. The Kier molecular flexibility index (Phi) is 5.34. The van der Waals surface area contributed by atoms with Crippen LogP contribution >= 0.6 is 0 Å². The molecule has 0 aromatic carbocycles. The molecule has 16 heavy (non-hydrogen) atoms. The number of terminal acetylenes is 1. The maximum Gasteiger partial charge on any atom is 0.238 e. The predicted molar refractivity (Wildman–Crippen MR) is 65.6 cm³/mol. The highest BCUT2D eigenvalue weighted by Gasteiger charge is 2.23. The van der Waals surface area contributed by atoms with Crippen LogP contribution in [0.15, 0.2) is 0 Å². The van der Waals surface area contributed by atoms with Crippen LogP contribution in [0.1, 0.15) is 45.4 Å². The van der Waals surface area contributed by atoms with E-state index >= 15 is 0 Å². The van der Waals surface area contributed by atoms with Crippen molar-refractivity contribution in [2.45, 2.75) is 57.5 Å². The number of hydrogen-bond donors (Lipinski definition) is 2. The second-order valence-electron chi connectivity index (χ2n) is 4.71. The van der Waals surface area contributed by atoms with Gasteiger partial charge in [-0.15, -0.1) is 12.3 Å². The Morgan fingerprint density at radius 2 is 2.12 bits per heavy atom. The molecule has 1 amide bonds. The van der Waals surface area contributed by atoms with E-state index in [4.69, 9.17) is 12.2 Å². The lowest BCUT2D eigenvalue weighted by Gasteiger charge is -2.28. The van der Waals surface area contributed by atoms with Gasteiger partial charge in [0.05, 0.1) is 6.04 Å². The molecule has 0 aromatic rings. The van der Waals surface area contributed by atoms with Crippen LogP contribution in [0.3, 0.4) is 0 Å². The molecule has 0 saturated heterocycles. The number of carbonyl (C=O) groups is 1. The SMILES string of the molecule is C#CCC(N)C(=O)NC(C)C1CCCCC1. The molecule has 90 valence electrons. The van der Waals surface area contributed by atoms with Gasteiger partial charge < -0.3 is 11.1 Å². The van der Waals surface area contributed by atoms with Crippen molar-refractivity contribution in [3.63, 3.8) is 0 Å². The largest absolute Gasteiger partial charge is 0.352 e. The zero-order valence-electron chi connectivity index (χ0n) is 10.0. The van der Waals surface area contributed by atoms with E-state index in [1.165, 1.54) is 32.1 Å². The van der Waals surface area contributed by atoms with Gasteiger partial charge in [-0.05, 0) is 25.7 Å². The van der Waals surface area contributed by atoms with Crippen molar-refractivity contribution in [3.8, 4) is 12.3 Å². The number of nitrogens with one attached hydrogen (secondary N) is 1. The first-order valence-corrected chi connectivity index (χ1v) is 6.14. The average Bonchev–Trinajstić information content (AvgIpc) is 2.30. The van der Waals surface area contributed by atoms with Crippen LogP contribution in [0, 0.1) is 18.3 Å². The molecule has 0 radical (unpaired) electrons. The summed E-state index contributed by atoms with van der Waals surface area (Å²) in [5.74, 6) is 2.91. The molecule has 0 bridgehead atoms. The van der Waals surface area contributed by atoms with Crippen LogP contribution in [0.2, 0.25) is 0 Å². The van der Waals surface area contributed by atoms with Crippen LogP contribution < -0.4 is 11.1 Å². The number of hydrogen-bond acceptors (Lipinski definition) is 2. The van der Waals surface area contributed by atoms with Crippen LogP contribution in [-0.4, -0.2) is 18.0 Å². The minimum atomic E-state index is -0.559. The van der Waals surface area contributed by atoms with E-state index in [2.05, 4.69) is 18.2 Å². The molecule has 1 aliphatic rings. The van der Waals surface area contributed by atoms with Crippen molar-refractivity contribution in [1.29, 1.82) is 0 Å². The molecular formula is C13H22N2O. The molecule has 3 N–H and O–H groups in total. The summed E-state index contributed by atoms with van der Waals surface area (Å²) in [5, 5.41) is 2.97. The number of rotatable bonds is 4. The lowest BCUT2D eigenvalue weighted by Crippen LogP contribution is -2.47. The Balaban J connectivity index is 2.35. The van der Waals surface area contributed by atoms with Gasteiger partial charge >= 0.3 is 0 Å². The molecule has 3 nitrogen and oxygen atoms in total. The van der Waals surface area contributed by atoms with E-state index in [9.17, 15) is 4.79 Å². The molecule has 1 rings (SSSR count). The van der Waals surface area contributed by atoms with Gasteiger partial charge in [-0.25, -0.2) is 0 Å². The Labute approximate surface area is 98.2 Å². The van der Waals surface area contributed by atoms with Crippen LogP contribution in [0.4, 0.5) is 0 Å². The Hall–Kier alpha value is -1.01. The van der Waals surface area contributed by atoms with Gasteiger partial charge in [-0.3, -0.25) is 4.79 Å². The van der Waals surface area contributed by atoms with Crippen molar-refractivity contribution in [2.75, 3.05) is 0 Å². The molecule has 3 heteroatoms. The maximum atomic E-state index is 11.7. The van der Waals surface area contributed by atoms with Gasteiger partial charge in [0.1, 0.15) is 0 Å². The summed E-state index contributed by atoms with van der Waals surface area (Å²) < 4.78 is 0. The van der Waals surface area contributed by atoms with Crippen molar-refractivity contribution >= 4 is 5.91 Å². The predicted octanol–water partition coefficient (Wildman–Crippen LogP) is 1.42. The molecule has 1 aliphatic carbocycles. The first-order valence-electron chi connectivity index (χ1n) is 6.14. The molecule has 2 atom stereocenters. The fourth-order valence-corrected chi connectivity index (χ4v) is 2.30. The normalized spacial score (nSPS) is 20.8. The van der Waals surface area contributed by atoms with E-state index in [1.807, 2.05) is 0 Å². The van der Waals surface area contributed by atoms with Crippen LogP contribution in [0.5, 0.6) is 0 Å². The minimum absolute atomic E-state index is 0.115. The summed E-state index contributed by atoms with van der Waals surface area (Å²) in [6.07, 6.45) is 11.8. The van der Waals surface area contributed by atoms with Crippen molar-refractivity contribution in [1.82, 2.24) is 5.32 Å². The standard InChI is InChI=1S/C13H22N2O/c1-3-7-12(14)13(16)15-10(2)11-8-5-4-6-9-11/h1,10-12H,4-9,14H2,2H3,(H,15,16). The summed E-state index contributed by atoms with van der Waals surface area (Å²) in [7, 11) is 0.